The van der Waals surface area contributed by atoms with Gasteiger partial charge in [0.15, 0.2) is 0 Å². The number of hydrogen-bond donors (Lipinski definition) is 1. The number of rotatable bonds is 6. The smallest absolute Gasteiger partial charge is 0.0860 e. The molecule has 1 saturated carbocycles. The predicted octanol–water partition coefficient (Wildman–Crippen LogP) is 1.95. The molecule has 1 atom stereocenters. The van der Waals surface area contributed by atoms with E-state index >= 15 is 0 Å². The van der Waals surface area contributed by atoms with E-state index in [0.29, 0.717) is 6.04 Å². The molecule has 18 heavy (non-hydrogen) atoms. The molecule has 5 heteroatoms. The maximum Gasteiger partial charge on any atom is 0.0860 e. The van der Waals surface area contributed by atoms with Crippen LogP contribution in [0.4, 0.5) is 0 Å². The second-order valence-corrected chi connectivity index (χ2v) is 5.72. The van der Waals surface area contributed by atoms with Gasteiger partial charge in [0.05, 0.1) is 16.4 Å². The Hall–Kier alpha value is -0.580. The number of likely N-dealkylation sites (N-methyl/N-ethyl adjacent to an activating group) is 1. The molecular weight excluding hydrogens is 248 g/mol. The molecule has 1 aromatic rings. The number of hydrogen-bond acceptors (Lipinski definition) is 3. The molecule has 1 aromatic heterocycles. The van der Waals surface area contributed by atoms with Crippen LogP contribution < -0.4 is 5.32 Å². The van der Waals surface area contributed by atoms with E-state index in [1.54, 1.807) is 0 Å². The minimum absolute atomic E-state index is 0.561. The summed E-state index contributed by atoms with van der Waals surface area (Å²) in [5, 5.41) is 8.57. The van der Waals surface area contributed by atoms with Crippen molar-refractivity contribution in [2.75, 3.05) is 13.6 Å². The van der Waals surface area contributed by atoms with E-state index in [1.807, 2.05) is 18.7 Å². The van der Waals surface area contributed by atoms with Crippen LogP contribution in [0, 0.1) is 6.92 Å². The fraction of sp³-hybridized carbons (Fsp3) is 0.769. The fourth-order valence-electron chi connectivity index (χ4n) is 2.26. The first-order chi connectivity index (χ1) is 8.50. The van der Waals surface area contributed by atoms with Gasteiger partial charge >= 0.3 is 0 Å². The van der Waals surface area contributed by atoms with Gasteiger partial charge in [0.2, 0.25) is 0 Å². The molecular formula is C13H23ClN4. The van der Waals surface area contributed by atoms with Crippen molar-refractivity contribution in [3.63, 3.8) is 0 Å². The lowest BCUT2D eigenvalue weighted by molar-refractivity contribution is 0.240. The fourth-order valence-corrected chi connectivity index (χ4v) is 2.48. The highest BCUT2D eigenvalue weighted by Gasteiger charge is 2.28. The van der Waals surface area contributed by atoms with E-state index in [2.05, 4.69) is 29.3 Å². The highest BCUT2D eigenvalue weighted by atomic mass is 35.5. The van der Waals surface area contributed by atoms with E-state index in [0.717, 1.165) is 35.5 Å². The van der Waals surface area contributed by atoms with Gasteiger partial charge in [-0.2, -0.15) is 5.10 Å². The van der Waals surface area contributed by atoms with Gasteiger partial charge in [0.25, 0.3) is 0 Å². The van der Waals surface area contributed by atoms with Crippen molar-refractivity contribution < 1.29 is 0 Å². The average molecular weight is 271 g/mol. The van der Waals surface area contributed by atoms with Gasteiger partial charge in [-0.3, -0.25) is 9.58 Å². The Kier molecular flexibility index (Phi) is 4.30. The van der Waals surface area contributed by atoms with Gasteiger partial charge in [-0.1, -0.05) is 11.6 Å². The number of nitrogens with zero attached hydrogens (tertiary/aromatic N) is 3. The van der Waals surface area contributed by atoms with Crippen LogP contribution in [0.2, 0.25) is 5.02 Å². The molecule has 0 radical (unpaired) electrons. The number of nitrogens with one attached hydrogen (secondary N) is 1. The molecule has 0 amide bonds. The average Bonchev–Trinajstić information content (AvgIpc) is 3.12. The quantitative estimate of drug-likeness (QED) is 0.858. The van der Waals surface area contributed by atoms with E-state index in [1.165, 1.54) is 12.8 Å². The van der Waals surface area contributed by atoms with Crippen LogP contribution in [0.15, 0.2) is 0 Å². The molecule has 2 rings (SSSR count). The van der Waals surface area contributed by atoms with Gasteiger partial charge in [-0.15, -0.1) is 0 Å². The lowest BCUT2D eigenvalue weighted by atomic mass is 10.3. The Morgan fingerprint density at radius 3 is 2.72 bits per heavy atom. The van der Waals surface area contributed by atoms with Gasteiger partial charge in [0, 0.05) is 32.2 Å². The molecule has 1 fully saturated rings. The van der Waals surface area contributed by atoms with Crippen LogP contribution >= 0.6 is 11.6 Å². The molecule has 0 aliphatic heterocycles. The summed E-state index contributed by atoms with van der Waals surface area (Å²) in [6.07, 6.45) is 2.71. The van der Waals surface area contributed by atoms with E-state index in [4.69, 9.17) is 11.6 Å². The third-order valence-corrected chi connectivity index (χ3v) is 4.30. The lowest BCUT2D eigenvalue weighted by Gasteiger charge is -2.24. The summed E-state index contributed by atoms with van der Waals surface area (Å²) in [4.78, 5) is 2.46. The van der Waals surface area contributed by atoms with Crippen LogP contribution in [-0.2, 0) is 13.6 Å². The zero-order chi connectivity index (χ0) is 13.3. The van der Waals surface area contributed by atoms with Crippen molar-refractivity contribution in [1.29, 1.82) is 0 Å². The molecule has 1 aliphatic rings. The molecule has 0 bridgehead atoms. The van der Waals surface area contributed by atoms with Crippen molar-refractivity contribution in [3.8, 4) is 0 Å². The molecule has 4 nitrogen and oxygen atoms in total. The molecule has 0 aromatic carbocycles. The summed E-state index contributed by atoms with van der Waals surface area (Å²) in [6.45, 7) is 5.96. The largest absolute Gasteiger partial charge is 0.310 e. The second-order valence-electron chi connectivity index (χ2n) is 5.35. The molecule has 0 spiro atoms. The summed E-state index contributed by atoms with van der Waals surface area (Å²) >= 11 is 6.22. The van der Waals surface area contributed by atoms with Gasteiger partial charge in [-0.25, -0.2) is 0 Å². The molecule has 0 saturated heterocycles. The molecule has 1 unspecified atom stereocenters. The van der Waals surface area contributed by atoms with E-state index in [-0.39, 0.29) is 0 Å². The van der Waals surface area contributed by atoms with Gasteiger partial charge in [-0.05, 0) is 33.7 Å². The second kappa shape index (κ2) is 5.59. The van der Waals surface area contributed by atoms with Crippen molar-refractivity contribution in [2.24, 2.45) is 7.05 Å². The Bertz CT molecular complexity index is 411. The lowest BCUT2D eigenvalue weighted by Crippen LogP contribution is -2.39. The van der Waals surface area contributed by atoms with Gasteiger partial charge < -0.3 is 5.32 Å². The summed E-state index contributed by atoms with van der Waals surface area (Å²) in [5.41, 5.74) is 1.97. The Balaban J connectivity index is 1.80. The first-order valence-electron chi connectivity index (χ1n) is 6.61. The highest BCUT2D eigenvalue weighted by molar-refractivity contribution is 6.31. The minimum atomic E-state index is 0.561. The molecule has 1 aliphatic carbocycles. The maximum absolute atomic E-state index is 6.22. The normalized spacial score (nSPS) is 17.4. The minimum Gasteiger partial charge on any atom is -0.310 e. The van der Waals surface area contributed by atoms with Crippen LogP contribution in [0.25, 0.3) is 0 Å². The molecule has 102 valence electrons. The number of aryl methyl sites for hydroxylation is 2. The first-order valence-corrected chi connectivity index (χ1v) is 6.99. The monoisotopic (exact) mass is 270 g/mol. The Labute approximate surface area is 114 Å². The summed E-state index contributed by atoms with van der Waals surface area (Å²) in [5.74, 6) is 0. The zero-order valence-electron chi connectivity index (χ0n) is 11.7. The van der Waals surface area contributed by atoms with Gasteiger partial charge in [0.1, 0.15) is 0 Å². The SMILES string of the molecule is Cc1nn(C)c(CNCC(C)N(C)C2CC2)c1Cl. The zero-order valence-corrected chi connectivity index (χ0v) is 12.5. The summed E-state index contributed by atoms with van der Waals surface area (Å²) < 4.78 is 1.86. The Morgan fingerprint density at radius 2 is 2.22 bits per heavy atom. The standard InChI is InChI=1S/C13H23ClN4/c1-9(17(3)11-5-6-11)7-15-8-12-13(14)10(2)16-18(12)4/h9,11,15H,5-8H2,1-4H3. The summed E-state index contributed by atoms with van der Waals surface area (Å²) in [6, 6.07) is 1.37. The number of aromatic nitrogens is 2. The Morgan fingerprint density at radius 1 is 1.56 bits per heavy atom. The van der Waals surface area contributed by atoms with Crippen molar-refractivity contribution in [3.05, 3.63) is 16.4 Å². The van der Waals surface area contributed by atoms with Crippen molar-refractivity contribution in [1.82, 2.24) is 20.0 Å². The van der Waals surface area contributed by atoms with Crippen LogP contribution in [0.5, 0.6) is 0 Å². The third-order valence-electron chi connectivity index (χ3n) is 3.81. The number of halogens is 1. The predicted molar refractivity (Wildman–Crippen MR) is 74.9 cm³/mol. The van der Waals surface area contributed by atoms with Crippen LogP contribution in [0.3, 0.4) is 0 Å². The van der Waals surface area contributed by atoms with E-state index in [9.17, 15) is 0 Å². The molecule has 1 N–H and O–H groups in total. The first kappa shape index (κ1) is 13.8. The van der Waals surface area contributed by atoms with Crippen LogP contribution in [-0.4, -0.2) is 40.4 Å². The van der Waals surface area contributed by atoms with Crippen molar-refractivity contribution in [2.45, 2.75) is 45.3 Å². The highest BCUT2D eigenvalue weighted by Crippen LogP contribution is 2.26. The maximum atomic E-state index is 6.22. The third kappa shape index (κ3) is 3.05. The summed E-state index contributed by atoms with van der Waals surface area (Å²) in [7, 11) is 4.15. The topological polar surface area (TPSA) is 33.1 Å². The molecule has 1 heterocycles. The van der Waals surface area contributed by atoms with Crippen LogP contribution in [0.1, 0.15) is 31.2 Å². The van der Waals surface area contributed by atoms with Crippen molar-refractivity contribution >= 4 is 11.6 Å². The van der Waals surface area contributed by atoms with E-state index < -0.39 is 0 Å².